The summed E-state index contributed by atoms with van der Waals surface area (Å²) in [7, 11) is 1.64. The lowest BCUT2D eigenvalue weighted by Gasteiger charge is -2.31. The van der Waals surface area contributed by atoms with Crippen LogP contribution in [-0.2, 0) is 4.74 Å². The van der Waals surface area contributed by atoms with E-state index in [1.807, 2.05) is 0 Å². The first-order valence-corrected chi connectivity index (χ1v) is 4.71. The van der Waals surface area contributed by atoms with Gasteiger partial charge in [-0.3, -0.25) is 4.90 Å². The maximum Gasteiger partial charge on any atom is 0.408 e. The zero-order chi connectivity index (χ0) is 9.47. The second-order valence-corrected chi connectivity index (χ2v) is 4.04. The van der Waals surface area contributed by atoms with E-state index in [2.05, 4.69) is 0 Å². The molecule has 0 saturated carbocycles. The minimum atomic E-state index is -0.781. The summed E-state index contributed by atoms with van der Waals surface area (Å²) < 4.78 is 5.12. The van der Waals surface area contributed by atoms with Crippen LogP contribution in [0.5, 0.6) is 0 Å². The number of hydrogen-bond donors (Lipinski definition) is 1. The van der Waals surface area contributed by atoms with Crippen molar-refractivity contribution in [1.29, 1.82) is 0 Å². The second-order valence-electron chi connectivity index (χ2n) is 4.04. The Morgan fingerprint density at radius 2 is 2.23 bits per heavy atom. The maximum atomic E-state index is 11.0. The lowest BCUT2D eigenvalue weighted by Crippen LogP contribution is -2.47. The van der Waals surface area contributed by atoms with Gasteiger partial charge in [-0.05, 0) is 25.7 Å². The molecule has 1 amide bonds. The van der Waals surface area contributed by atoms with Crippen molar-refractivity contribution in [2.45, 2.75) is 37.3 Å². The summed E-state index contributed by atoms with van der Waals surface area (Å²) in [4.78, 5) is 12.6. The molecule has 4 nitrogen and oxygen atoms in total. The van der Waals surface area contributed by atoms with E-state index in [1.54, 1.807) is 12.0 Å². The van der Waals surface area contributed by atoms with E-state index in [9.17, 15) is 4.79 Å². The molecule has 2 saturated heterocycles. The van der Waals surface area contributed by atoms with Crippen molar-refractivity contribution in [3.05, 3.63) is 0 Å². The number of carboxylic acid groups (broad SMARTS) is 1. The molecule has 74 valence electrons. The van der Waals surface area contributed by atoms with Gasteiger partial charge < -0.3 is 9.84 Å². The topological polar surface area (TPSA) is 49.8 Å². The van der Waals surface area contributed by atoms with Crippen molar-refractivity contribution in [2.75, 3.05) is 13.7 Å². The number of ether oxygens (including phenoxy) is 1. The third-order valence-electron chi connectivity index (χ3n) is 3.38. The van der Waals surface area contributed by atoms with Crippen LogP contribution in [0.1, 0.15) is 25.7 Å². The fraction of sp³-hybridized carbons (Fsp3) is 0.889. The third-order valence-corrected chi connectivity index (χ3v) is 3.38. The Hall–Kier alpha value is -0.770. The molecule has 0 unspecified atom stereocenters. The fourth-order valence-corrected chi connectivity index (χ4v) is 2.87. The van der Waals surface area contributed by atoms with E-state index in [4.69, 9.17) is 9.84 Å². The van der Waals surface area contributed by atoms with Crippen LogP contribution in [0.4, 0.5) is 4.79 Å². The summed E-state index contributed by atoms with van der Waals surface area (Å²) in [5, 5.41) is 9.06. The molecule has 0 aliphatic carbocycles. The minimum absolute atomic E-state index is 0.189. The van der Waals surface area contributed by atoms with Crippen molar-refractivity contribution in [3.8, 4) is 0 Å². The maximum absolute atomic E-state index is 11.0. The van der Waals surface area contributed by atoms with E-state index >= 15 is 0 Å². The van der Waals surface area contributed by atoms with Gasteiger partial charge in [0.05, 0.1) is 12.1 Å². The predicted octanol–water partition coefficient (Wildman–Crippen LogP) is 1.31. The van der Waals surface area contributed by atoms with Crippen LogP contribution in [0.3, 0.4) is 0 Å². The summed E-state index contributed by atoms with van der Waals surface area (Å²) in [6.07, 6.45) is 3.18. The summed E-state index contributed by atoms with van der Waals surface area (Å²) in [6.45, 7) is 0.551. The molecule has 0 radical (unpaired) electrons. The number of methoxy groups -OCH3 is 1. The Bertz CT molecular complexity index is 221. The van der Waals surface area contributed by atoms with Crippen LogP contribution in [-0.4, -0.2) is 41.4 Å². The lowest BCUT2D eigenvalue weighted by atomic mass is 9.88. The number of rotatable bonds is 2. The third kappa shape index (κ3) is 1.12. The molecule has 0 atom stereocenters. The summed E-state index contributed by atoms with van der Waals surface area (Å²) in [5.74, 6) is 0. The smallest absolute Gasteiger partial charge is 0.408 e. The highest BCUT2D eigenvalue weighted by atomic mass is 16.5. The Labute approximate surface area is 77.5 Å². The van der Waals surface area contributed by atoms with E-state index in [-0.39, 0.29) is 11.6 Å². The van der Waals surface area contributed by atoms with Crippen LogP contribution < -0.4 is 0 Å². The normalized spacial score (nSPS) is 37.0. The van der Waals surface area contributed by atoms with Crippen LogP contribution in [0.25, 0.3) is 0 Å². The van der Waals surface area contributed by atoms with Crippen LogP contribution in [0, 0.1) is 0 Å². The first-order chi connectivity index (χ1) is 6.19. The van der Waals surface area contributed by atoms with Crippen molar-refractivity contribution in [2.24, 2.45) is 0 Å². The van der Waals surface area contributed by atoms with Gasteiger partial charge in [-0.25, -0.2) is 4.79 Å². The molecule has 1 N–H and O–H groups in total. The van der Waals surface area contributed by atoms with Gasteiger partial charge in [-0.15, -0.1) is 0 Å². The predicted molar refractivity (Wildman–Crippen MR) is 46.7 cm³/mol. The van der Waals surface area contributed by atoms with Crippen molar-refractivity contribution >= 4 is 6.09 Å². The molecule has 2 rings (SSSR count). The quantitative estimate of drug-likeness (QED) is 0.705. The first-order valence-electron chi connectivity index (χ1n) is 4.71. The van der Waals surface area contributed by atoms with Gasteiger partial charge in [-0.1, -0.05) is 0 Å². The average Bonchev–Trinajstić information content (AvgIpc) is 2.58. The van der Waals surface area contributed by atoms with Gasteiger partial charge in [0.25, 0.3) is 0 Å². The molecule has 2 aliphatic heterocycles. The summed E-state index contributed by atoms with van der Waals surface area (Å²) in [6, 6.07) is 0.257. The Balaban J connectivity index is 2.21. The second kappa shape index (κ2) is 2.87. The lowest BCUT2D eigenvalue weighted by molar-refractivity contribution is 0.0495. The Kier molecular flexibility index (Phi) is 1.95. The van der Waals surface area contributed by atoms with Gasteiger partial charge in [0, 0.05) is 13.2 Å². The van der Waals surface area contributed by atoms with E-state index < -0.39 is 6.09 Å². The first kappa shape index (κ1) is 8.81. The van der Waals surface area contributed by atoms with Gasteiger partial charge in [-0.2, -0.15) is 0 Å². The van der Waals surface area contributed by atoms with Crippen molar-refractivity contribution in [3.63, 3.8) is 0 Å². The zero-order valence-corrected chi connectivity index (χ0v) is 7.82. The van der Waals surface area contributed by atoms with E-state index in [1.165, 1.54) is 0 Å². The molecule has 2 bridgehead atoms. The number of carbonyl (C=O) groups is 1. The molecule has 0 aromatic heterocycles. The summed E-state index contributed by atoms with van der Waals surface area (Å²) in [5.41, 5.74) is -0.189. The molecule has 0 spiro atoms. The average molecular weight is 185 g/mol. The molecule has 0 aromatic rings. The highest BCUT2D eigenvalue weighted by molar-refractivity contribution is 5.68. The molecule has 2 fully saturated rings. The summed E-state index contributed by atoms with van der Waals surface area (Å²) >= 11 is 0. The van der Waals surface area contributed by atoms with E-state index in [0.29, 0.717) is 6.61 Å². The highest BCUT2D eigenvalue weighted by Gasteiger charge is 2.54. The molecular weight excluding hydrogens is 170 g/mol. The monoisotopic (exact) mass is 185 g/mol. The Morgan fingerprint density at radius 3 is 2.69 bits per heavy atom. The molecule has 2 aliphatic rings. The highest BCUT2D eigenvalue weighted by Crippen LogP contribution is 2.46. The Morgan fingerprint density at radius 1 is 1.62 bits per heavy atom. The number of amides is 1. The fourth-order valence-electron chi connectivity index (χ4n) is 2.87. The van der Waals surface area contributed by atoms with Gasteiger partial charge in [0.1, 0.15) is 0 Å². The molecule has 0 aromatic carbocycles. The van der Waals surface area contributed by atoms with Crippen LogP contribution in [0.2, 0.25) is 0 Å². The van der Waals surface area contributed by atoms with E-state index in [0.717, 1.165) is 25.7 Å². The molecule has 4 heteroatoms. The largest absolute Gasteiger partial charge is 0.465 e. The van der Waals surface area contributed by atoms with Crippen LogP contribution >= 0.6 is 0 Å². The van der Waals surface area contributed by atoms with Gasteiger partial charge in [0.15, 0.2) is 0 Å². The van der Waals surface area contributed by atoms with Crippen molar-refractivity contribution < 1.29 is 14.6 Å². The van der Waals surface area contributed by atoms with Crippen LogP contribution in [0.15, 0.2) is 0 Å². The number of nitrogens with zero attached hydrogens (tertiary/aromatic N) is 1. The number of fused-ring (bicyclic) bond motifs is 2. The SMILES string of the molecule is COCC12CCC(CC1)N2C(=O)O. The molecule has 13 heavy (non-hydrogen) atoms. The zero-order valence-electron chi connectivity index (χ0n) is 7.82. The van der Waals surface area contributed by atoms with Gasteiger partial charge >= 0.3 is 6.09 Å². The molecular formula is C9H15NO3. The van der Waals surface area contributed by atoms with Gasteiger partial charge in [0.2, 0.25) is 0 Å². The standard InChI is InChI=1S/C9H15NO3/c1-13-6-9-4-2-7(3-5-9)10(9)8(11)12/h7H,2-6H2,1H3,(H,11,12). The minimum Gasteiger partial charge on any atom is -0.465 e. The molecule has 2 heterocycles. The number of hydrogen-bond acceptors (Lipinski definition) is 2. The van der Waals surface area contributed by atoms with Crippen molar-refractivity contribution in [1.82, 2.24) is 4.90 Å².